The highest BCUT2D eigenvalue weighted by molar-refractivity contribution is 6.29. The summed E-state index contributed by atoms with van der Waals surface area (Å²) in [7, 11) is 0. The zero-order chi connectivity index (χ0) is 15.3. The van der Waals surface area contributed by atoms with Gasteiger partial charge in [-0.05, 0) is 38.1 Å². The molecule has 21 heavy (non-hydrogen) atoms. The first-order valence-corrected chi connectivity index (χ1v) is 7.54. The summed E-state index contributed by atoms with van der Waals surface area (Å²) in [6, 6.07) is 1.83. The van der Waals surface area contributed by atoms with Crippen molar-refractivity contribution in [1.82, 2.24) is 9.88 Å². The average molecular weight is 322 g/mol. The van der Waals surface area contributed by atoms with Gasteiger partial charge in [0.15, 0.2) is 0 Å². The van der Waals surface area contributed by atoms with Crippen molar-refractivity contribution in [3.05, 3.63) is 22.8 Å². The molecule has 7 heteroatoms. The monoisotopic (exact) mass is 321 g/mol. The highest BCUT2D eigenvalue weighted by atomic mass is 35.5. The summed E-state index contributed by atoms with van der Waals surface area (Å²) >= 11 is 5.64. The van der Waals surface area contributed by atoms with Crippen LogP contribution in [0, 0.1) is 0 Å². The lowest BCUT2D eigenvalue weighted by Gasteiger charge is -2.20. The summed E-state index contributed by atoms with van der Waals surface area (Å²) in [4.78, 5) is 6.21. The topological polar surface area (TPSA) is 28.2 Å². The summed E-state index contributed by atoms with van der Waals surface area (Å²) < 4.78 is 38.1. The number of hydrogen-bond donors (Lipinski definition) is 1. The molecule has 2 rings (SSSR count). The Bertz CT molecular complexity index is 457. The molecule has 0 radical (unpaired) electrons. The lowest BCUT2D eigenvalue weighted by atomic mass is 10.2. The van der Waals surface area contributed by atoms with Gasteiger partial charge in [-0.15, -0.1) is 0 Å². The normalized spacial score (nSPS) is 17.5. The molecule has 0 unspecified atom stereocenters. The molecule has 1 saturated heterocycles. The Labute approximate surface area is 127 Å². The van der Waals surface area contributed by atoms with Gasteiger partial charge in [-0.1, -0.05) is 24.4 Å². The number of alkyl halides is 3. The van der Waals surface area contributed by atoms with Gasteiger partial charge in [0.1, 0.15) is 11.0 Å². The summed E-state index contributed by atoms with van der Waals surface area (Å²) in [6.07, 6.45) is 0.485. The fourth-order valence-corrected chi connectivity index (χ4v) is 2.66. The van der Waals surface area contributed by atoms with Gasteiger partial charge >= 0.3 is 6.18 Å². The van der Waals surface area contributed by atoms with Crippen LogP contribution in [0.25, 0.3) is 0 Å². The van der Waals surface area contributed by atoms with Crippen LogP contribution in [0.2, 0.25) is 5.15 Å². The van der Waals surface area contributed by atoms with Crippen molar-refractivity contribution in [3.8, 4) is 0 Å². The number of likely N-dealkylation sites (tertiary alicyclic amines) is 1. The van der Waals surface area contributed by atoms with Crippen LogP contribution in [-0.4, -0.2) is 36.1 Å². The zero-order valence-corrected chi connectivity index (χ0v) is 12.5. The minimum atomic E-state index is -4.41. The molecule has 1 aliphatic heterocycles. The van der Waals surface area contributed by atoms with Gasteiger partial charge in [-0.25, -0.2) is 4.98 Å². The van der Waals surface area contributed by atoms with Crippen LogP contribution in [0.15, 0.2) is 12.1 Å². The maximum atomic E-state index is 12.7. The molecule has 0 aromatic carbocycles. The molecule has 1 aromatic heterocycles. The highest BCUT2D eigenvalue weighted by Gasteiger charge is 2.31. The first-order valence-electron chi connectivity index (χ1n) is 7.16. The molecule has 3 nitrogen and oxygen atoms in total. The number of rotatable bonds is 4. The number of anilines is 1. The van der Waals surface area contributed by atoms with Gasteiger partial charge in [-0.2, -0.15) is 13.2 Å². The number of hydrogen-bond acceptors (Lipinski definition) is 3. The van der Waals surface area contributed by atoms with Crippen molar-refractivity contribution >= 4 is 17.4 Å². The first-order chi connectivity index (χ1) is 9.95. The molecule has 1 aliphatic rings. The molecular weight excluding hydrogens is 303 g/mol. The second-order valence-electron chi connectivity index (χ2n) is 5.24. The molecule has 1 aromatic rings. The van der Waals surface area contributed by atoms with Gasteiger partial charge in [0, 0.05) is 13.1 Å². The number of halogens is 4. The molecule has 2 heterocycles. The third-order valence-corrected chi connectivity index (χ3v) is 3.75. The Kier molecular flexibility index (Phi) is 5.70. The molecule has 1 fully saturated rings. The highest BCUT2D eigenvalue weighted by Crippen LogP contribution is 2.31. The Morgan fingerprint density at radius 3 is 2.43 bits per heavy atom. The van der Waals surface area contributed by atoms with E-state index in [0.717, 1.165) is 31.8 Å². The summed E-state index contributed by atoms with van der Waals surface area (Å²) in [5.41, 5.74) is -0.778. The Morgan fingerprint density at radius 2 is 1.81 bits per heavy atom. The molecule has 0 spiro atoms. The lowest BCUT2D eigenvalue weighted by molar-refractivity contribution is -0.137. The Morgan fingerprint density at radius 1 is 1.14 bits per heavy atom. The summed E-state index contributed by atoms with van der Waals surface area (Å²) in [6.45, 7) is 3.47. The smallest absolute Gasteiger partial charge is 0.369 e. The van der Waals surface area contributed by atoms with E-state index in [1.54, 1.807) is 0 Å². The number of nitrogens with one attached hydrogen (secondary N) is 1. The minimum Gasteiger partial charge on any atom is -0.369 e. The van der Waals surface area contributed by atoms with Crippen LogP contribution in [0.4, 0.5) is 19.0 Å². The molecule has 1 N–H and O–H groups in total. The SMILES string of the molecule is FC(F)(F)c1cc(Cl)nc(NCCN2CCCCCC2)c1. The lowest BCUT2D eigenvalue weighted by Crippen LogP contribution is -2.30. The van der Waals surface area contributed by atoms with Crippen LogP contribution < -0.4 is 5.32 Å². The van der Waals surface area contributed by atoms with Crippen molar-refractivity contribution in [3.63, 3.8) is 0 Å². The van der Waals surface area contributed by atoms with E-state index in [2.05, 4.69) is 15.2 Å². The fraction of sp³-hybridized carbons (Fsp3) is 0.643. The van der Waals surface area contributed by atoms with Crippen molar-refractivity contribution in [1.29, 1.82) is 0 Å². The van der Waals surface area contributed by atoms with E-state index in [4.69, 9.17) is 11.6 Å². The van der Waals surface area contributed by atoms with Crippen LogP contribution in [0.1, 0.15) is 31.2 Å². The molecular formula is C14H19ClF3N3. The van der Waals surface area contributed by atoms with Gasteiger partial charge in [0.25, 0.3) is 0 Å². The Hall–Kier alpha value is -1.01. The van der Waals surface area contributed by atoms with E-state index in [1.807, 2.05) is 0 Å². The second-order valence-corrected chi connectivity index (χ2v) is 5.63. The maximum Gasteiger partial charge on any atom is 0.416 e. The van der Waals surface area contributed by atoms with Crippen molar-refractivity contribution in [2.75, 3.05) is 31.5 Å². The van der Waals surface area contributed by atoms with E-state index in [1.165, 1.54) is 25.7 Å². The van der Waals surface area contributed by atoms with Crippen LogP contribution >= 0.6 is 11.6 Å². The van der Waals surface area contributed by atoms with E-state index < -0.39 is 11.7 Å². The van der Waals surface area contributed by atoms with Gasteiger partial charge in [-0.3, -0.25) is 0 Å². The van der Waals surface area contributed by atoms with Crippen molar-refractivity contribution < 1.29 is 13.2 Å². The number of aromatic nitrogens is 1. The van der Waals surface area contributed by atoms with Crippen LogP contribution in [0.5, 0.6) is 0 Å². The third-order valence-electron chi connectivity index (χ3n) is 3.55. The molecule has 0 amide bonds. The predicted octanol–water partition coefficient (Wildman–Crippen LogP) is 4.04. The predicted molar refractivity (Wildman–Crippen MR) is 77.6 cm³/mol. The number of nitrogens with zero attached hydrogens (tertiary/aromatic N) is 2. The van der Waals surface area contributed by atoms with Gasteiger partial charge < -0.3 is 10.2 Å². The summed E-state index contributed by atoms with van der Waals surface area (Å²) in [5, 5.41) is 2.78. The molecule has 0 atom stereocenters. The van der Waals surface area contributed by atoms with Gasteiger partial charge in [0.05, 0.1) is 5.56 Å². The quantitative estimate of drug-likeness (QED) is 0.848. The molecule has 0 saturated carbocycles. The van der Waals surface area contributed by atoms with Crippen LogP contribution in [0.3, 0.4) is 0 Å². The summed E-state index contributed by atoms with van der Waals surface area (Å²) in [5.74, 6) is 0.171. The standard InChI is InChI=1S/C14H19ClF3N3/c15-12-9-11(14(16,17)18)10-13(20-12)19-5-8-21-6-3-1-2-4-7-21/h9-10H,1-8H2,(H,19,20). The maximum absolute atomic E-state index is 12.7. The minimum absolute atomic E-state index is 0.151. The molecule has 118 valence electrons. The average Bonchev–Trinajstić information content (AvgIpc) is 2.66. The first kappa shape index (κ1) is 16.4. The van der Waals surface area contributed by atoms with E-state index in [-0.39, 0.29) is 11.0 Å². The Balaban J connectivity index is 1.89. The van der Waals surface area contributed by atoms with E-state index >= 15 is 0 Å². The molecule has 0 bridgehead atoms. The van der Waals surface area contributed by atoms with E-state index in [0.29, 0.717) is 6.54 Å². The third kappa shape index (κ3) is 5.36. The zero-order valence-electron chi connectivity index (χ0n) is 11.7. The number of pyridine rings is 1. The van der Waals surface area contributed by atoms with Crippen molar-refractivity contribution in [2.24, 2.45) is 0 Å². The van der Waals surface area contributed by atoms with E-state index in [9.17, 15) is 13.2 Å². The fourth-order valence-electron chi connectivity index (χ4n) is 2.45. The van der Waals surface area contributed by atoms with Gasteiger partial charge in [0.2, 0.25) is 0 Å². The largest absolute Gasteiger partial charge is 0.416 e. The van der Waals surface area contributed by atoms with Crippen LogP contribution in [-0.2, 0) is 6.18 Å². The molecule has 0 aliphatic carbocycles. The second kappa shape index (κ2) is 7.31. The van der Waals surface area contributed by atoms with Crippen molar-refractivity contribution in [2.45, 2.75) is 31.9 Å².